The molecule has 0 saturated heterocycles. The zero-order valence-electron chi connectivity index (χ0n) is 35.9. The number of rotatable bonds is 6. The average Bonchev–Trinajstić information content (AvgIpc) is 4.13. The summed E-state index contributed by atoms with van der Waals surface area (Å²) in [5.41, 5.74) is 17.6. The van der Waals surface area contributed by atoms with Crippen molar-refractivity contribution in [3.8, 4) is 28.5 Å². The lowest BCUT2D eigenvalue weighted by Gasteiger charge is -2.30. The van der Waals surface area contributed by atoms with Crippen LogP contribution in [0, 0.1) is 0 Å². The lowest BCUT2D eigenvalue weighted by atomic mass is 9.86. The molecule has 9 aromatic carbocycles. The van der Waals surface area contributed by atoms with Crippen LogP contribution in [0.5, 0.6) is 0 Å². The fourth-order valence-corrected chi connectivity index (χ4v) is 11.1. The first kappa shape index (κ1) is 36.8. The van der Waals surface area contributed by atoms with E-state index in [4.69, 9.17) is 4.98 Å². The monoisotopic (exact) mass is 843 g/mol. The largest absolute Gasteiger partial charge is 0.333 e. The van der Waals surface area contributed by atoms with Crippen molar-refractivity contribution >= 4 is 71.6 Å². The first-order valence-corrected chi connectivity index (χ1v) is 22.8. The number of para-hydroxylation sites is 7. The molecule has 2 aliphatic rings. The van der Waals surface area contributed by atoms with Crippen LogP contribution < -0.4 is 4.90 Å². The zero-order chi connectivity index (χ0) is 43.3. The van der Waals surface area contributed by atoms with E-state index in [-0.39, 0.29) is 12.0 Å². The number of hydrogen-bond acceptors (Lipinski definition) is 2. The summed E-state index contributed by atoms with van der Waals surface area (Å²) in [6.07, 6.45) is 7.28. The van der Waals surface area contributed by atoms with E-state index in [0.29, 0.717) is 0 Å². The molecule has 0 spiro atoms. The summed E-state index contributed by atoms with van der Waals surface area (Å²) >= 11 is 0. The quantitative estimate of drug-likeness (QED) is 0.167. The van der Waals surface area contributed by atoms with Crippen LogP contribution in [-0.4, -0.2) is 24.7 Å². The summed E-state index contributed by atoms with van der Waals surface area (Å²) in [4.78, 5) is 7.68. The molecule has 0 fully saturated rings. The van der Waals surface area contributed by atoms with Gasteiger partial charge in [0.15, 0.2) is 0 Å². The Morgan fingerprint density at radius 1 is 0.379 bits per heavy atom. The van der Waals surface area contributed by atoms with Gasteiger partial charge in [-0.1, -0.05) is 127 Å². The predicted octanol–water partition coefficient (Wildman–Crippen LogP) is 15.1. The van der Waals surface area contributed by atoms with Crippen LogP contribution >= 0.6 is 0 Å². The Hall–Kier alpha value is -8.67. The number of imidazole rings is 1. The lowest BCUT2D eigenvalue weighted by molar-refractivity contribution is 0.747. The molecule has 1 aliphatic carbocycles. The molecular formula is C61H41N5. The molecule has 2 atom stereocenters. The second-order valence-corrected chi connectivity index (χ2v) is 17.5. The summed E-state index contributed by atoms with van der Waals surface area (Å²) in [6.45, 7) is 0. The molecule has 0 amide bonds. The molecule has 0 bridgehead atoms. The molecule has 5 heteroatoms. The van der Waals surface area contributed by atoms with Gasteiger partial charge in [0, 0.05) is 61.5 Å². The summed E-state index contributed by atoms with van der Waals surface area (Å²) in [7, 11) is 0. The molecule has 0 saturated carbocycles. The number of aromatic nitrogens is 4. The van der Waals surface area contributed by atoms with E-state index in [0.717, 1.165) is 33.8 Å². The topological polar surface area (TPSA) is 30.9 Å². The lowest BCUT2D eigenvalue weighted by Crippen LogP contribution is -2.28. The molecule has 0 N–H and O–H groups in total. The third-order valence-corrected chi connectivity index (χ3v) is 14.0. The molecule has 1 aliphatic heterocycles. The third kappa shape index (κ3) is 5.50. The highest BCUT2D eigenvalue weighted by atomic mass is 15.2. The van der Waals surface area contributed by atoms with E-state index >= 15 is 0 Å². The minimum atomic E-state index is 0.156. The van der Waals surface area contributed by atoms with Crippen LogP contribution in [0.4, 0.5) is 11.4 Å². The van der Waals surface area contributed by atoms with Crippen molar-refractivity contribution in [2.45, 2.75) is 12.0 Å². The highest BCUT2D eigenvalue weighted by Gasteiger charge is 2.38. The van der Waals surface area contributed by atoms with Crippen LogP contribution in [-0.2, 0) is 0 Å². The van der Waals surface area contributed by atoms with Crippen molar-refractivity contribution in [1.82, 2.24) is 18.7 Å². The number of hydrogen-bond donors (Lipinski definition) is 0. The highest BCUT2D eigenvalue weighted by molar-refractivity contribution is 6.12. The third-order valence-electron chi connectivity index (χ3n) is 14.0. The molecule has 12 aromatic rings. The normalized spacial score (nSPS) is 15.6. The smallest absolute Gasteiger partial charge is 0.145 e. The highest BCUT2D eigenvalue weighted by Crippen LogP contribution is 2.50. The van der Waals surface area contributed by atoms with Crippen LogP contribution in [0.2, 0.25) is 0 Å². The molecule has 3 aromatic heterocycles. The van der Waals surface area contributed by atoms with Gasteiger partial charge in [0.25, 0.3) is 0 Å². The maximum Gasteiger partial charge on any atom is 0.145 e. The predicted molar refractivity (Wildman–Crippen MR) is 274 cm³/mol. The van der Waals surface area contributed by atoms with Crippen LogP contribution in [0.1, 0.15) is 17.0 Å². The maximum atomic E-state index is 5.13. The van der Waals surface area contributed by atoms with Crippen molar-refractivity contribution in [2.24, 2.45) is 0 Å². The fraction of sp³-hybridized carbons (Fsp3) is 0.0328. The van der Waals surface area contributed by atoms with E-state index in [1.165, 1.54) is 77.4 Å². The number of nitrogens with zero attached hydrogens (tertiary/aromatic N) is 5. The van der Waals surface area contributed by atoms with Gasteiger partial charge in [-0.3, -0.25) is 4.57 Å². The van der Waals surface area contributed by atoms with Crippen LogP contribution in [0.25, 0.3) is 88.7 Å². The van der Waals surface area contributed by atoms with Crippen molar-refractivity contribution < 1.29 is 0 Å². The van der Waals surface area contributed by atoms with Gasteiger partial charge < -0.3 is 14.0 Å². The molecule has 310 valence electrons. The van der Waals surface area contributed by atoms with Crippen molar-refractivity contribution in [1.29, 1.82) is 0 Å². The molecule has 66 heavy (non-hydrogen) atoms. The number of anilines is 2. The van der Waals surface area contributed by atoms with Gasteiger partial charge >= 0.3 is 0 Å². The Morgan fingerprint density at radius 2 is 0.909 bits per heavy atom. The van der Waals surface area contributed by atoms with Gasteiger partial charge in [-0.2, -0.15) is 0 Å². The summed E-state index contributed by atoms with van der Waals surface area (Å²) in [6, 6.07) is 79.2. The SMILES string of the molecule is C1=CC2C(C=C1c1ccc3c(c1)c1ccccc1n3-c1ccc(-c3nc4ccccc4n3-c3ccccc3)cc1)c1ccccc1N2c1ccc2c(c1)c1ccccc1n2-c1ccccc1. The second kappa shape index (κ2) is 14.4. The Morgan fingerprint density at radius 3 is 1.64 bits per heavy atom. The number of fused-ring (bicyclic) bond motifs is 10. The first-order chi connectivity index (χ1) is 32.7. The molecule has 14 rings (SSSR count). The van der Waals surface area contributed by atoms with Crippen LogP contribution in [0.3, 0.4) is 0 Å². The van der Waals surface area contributed by atoms with E-state index in [1.54, 1.807) is 0 Å². The van der Waals surface area contributed by atoms with Crippen molar-refractivity contribution in [3.63, 3.8) is 0 Å². The van der Waals surface area contributed by atoms with E-state index in [9.17, 15) is 0 Å². The number of benzene rings is 9. The Bertz CT molecular complexity index is 3940. The van der Waals surface area contributed by atoms with Crippen LogP contribution in [0.15, 0.2) is 237 Å². The molecular weight excluding hydrogens is 803 g/mol. The summed E-state index contributed by atoms with van der Waals surface area (Å²) in [5, 5.41) is 5.00. The Balaban J connectivity index is 0.830. The molecule has 0 radical (unpaired) electrons. The molecule has 2 unspecified atom stereocenters. The van der Waals surface area contributed by atoms with Gasteiger partial charge in [-0.15, -0.1) is 0 Å². The second-order valence-electron chi connectivity index (χ2n) is 17.5. The molecule has 5 nitrogen and oxygen atoms in total. The van der Waals surface area contributed by atoms with Crippen molar-refractivity contribution in [3.05, 3.63) is 248 Å². The van der Waals surface area contributed by atoms with Gasteiger partial charge in [0.1, 0.15) is 5.82 Å². The van der Waals surface area contributed by atoms with E-state index < -0.39 is 0 Å². The summed E-state index contributed by atoms with van der Waals surface area (Å²) in [5.74, 6) is 1.13. The van der Waals surface area contributed by atoms with Gasteiger partial charge in [-0.25, -0.2) is 4.98 Å². The van der Waals surface area contributed by atoms with Gasteiger partial charge in [-0.05, 0) is 126 Å². The van der Waals surface area contributed by atoms with E-state index in [2.05, 4.69) is 255 Å². The maximum absolute atomic E-state index is 5.13. The van der Waals surface area contributed by atoms with E-state index in [1.807, 2.05) is 0 Å². The standard InChI is InChI=1S/C61H41N5/c1-3-15-43(16-4-1)63-55-24-12-9-21-49(55)52-39-46(33-36-59(52)63)65-56-25-13-8-20-48(56)51-38-42(30-35-58(51)65)41-29-34-57-50(37-41)47-19-7-11-23-54(47)64(57)45-31-27-40(28-32-45)61-62-53-22-10-14-26-60(53)66(61)44-17-5-2-6-18-44/h1-39,51,58H. The zero-order valence-corrected chi connectivity index (χ0v) is 35.9. The van der Waals surface area contributed by atoms with Gasteiger partial charge in [0.2, 0.25) is 0 Å². The first-order valence-electron chi connectivity index (χ1n) is 22.8. The van der Waals surface area contributed by atoms with Crippen molar-refractivity contribution in [2.75, 3.05) is 4.90 Å². The minimum Gasteiger partial charge on any atom is -0.333 e. The summed E-state index contributed by atoms with van der Waals surface area (Å²) < 4.78 is 7.05. The number of allylic oxidation sites excluding steroid dienone is 2. The Kier molecular flexibility index (Phi) is 8.04. The fourth-order valence-electron chi connectivity index (χ4n) is 11.1. The Labute approximate surface area is 381 Å². The van der Waals surface area contributed by atoms with Gasteiger partial charge in [0.05, 0.1) is 39.1 Å². The molecule has 4 heterocycles. The minimum absolute atomic E-state index is 0.156. The average molecular weight is 844 g/mol.